The Morgan fingerprint density at radius 3 is 2.83 bits per heavy atom. The lowest BCUT2D eigenvalue weighted by Gasteiger charge is -2.15. The molecule has 0 saturated carbocycles. The summed E-state index contributed by atoms with van der Waals surface area (Å²) in [7, 11) is 1.92. The molecule has 0 spiro atoms. The van der Waals surface area contributed by atoms with E-state index in [1.54, 1.807) is 10.9 Å². The van der Waals surface area contributed by atoms with E-state index in [9.17, 15) is 0 Å². The second-order valence-electron chi connectivity index (χ2n) is 8.67. The molecular weight excluding hydrogens is 472 g/mol. The molecule has 0 atom stereocenters. The molecule has 1 aromatic carbocycles. The topological polar surface area (TPSA) is 107 Å². The molecular formula is C27H31ClN8. The number of nitrogens with two attached hydrogens (primary N) is 1. The molecule has 186 valence electrons. The van der Waals surface area contributed by atoms with Crippen LogP contribution in [-0.4, -0.2) is 37.9 Å². The Morgan fingerprint density at radius 2 is 2.03 bits per heavy atom. The van der Waals surface area contributed by atoms with E-state index in [1.165, 1.54) is 0 Å². The average molecular weight is 503 g/mol. The van der Waals surface area contributed by atoms with Gasteiger partial charge >= 0.3 is 0 Å². The number of pyridine rings is 2. The van der Waals surface area contributed by atoms with Crippen molar-refractivity contribution in [1.29, 1.82) is 0 Å². The van der Waals surface area contributed by atoms with E-state index < -0.39 is 0 Å². The highest BCUT2D eigenvalue weighted by Crippen LogP contribution is 2.28. The molecule has 0 aliphatic carbocycles. The maximum absolute atomic E-state index is 6.32. The van der Waals surface area contributed by atoms with Crippen LogP contribution in [0.15, 0.2) is 67.4 Å². The van der Waals surface area contributed by atoms with Crippen LogP contribution in [0.5, 0.6) is 0 Å². The number of benzene rings is 1. The molecule has 8 nitrogen and oxygen atoms in total. The summed E-state index contributed by atoms with van der Waals surface area (Å²) >= 11 is 5.79. The zero-order chi connectivity index (χ0) is 25.5. The van der Waals surface area contributed by atoms with Crippen LogP contribution in [0.25, 0.3) is 22.5 Å². The van der Waals surface area contributed by atoms with Gasteiger partial charge in [-0.05, 0) is 61.3 Å². The fourth-order valence-electron chi connectivity index (χ4n) is 4.02. The van der Waals surface area contributed by atoms with Crippen molar-refractivity contribution >= 4 is 23.0 Å². The lowest BCUT2D eigenvalue weighted by Crippen LogP contribution is -2.06. The molecule has 0 radical (unpaired) electrons. The van der Waals surface area contributed by atoms with E-state index in [4.69, 9.17) is 17.3 Å². The lowest BCUT2D eigenvalue weighted by atomic mass is 9.99. The Morgan fingerprint density at radius 1 is 1.17 bits per heavy atom. The van der Waals surface area contributed by atoms with Gasteiger partial charge in [-0.2, -0.15) is 0 Å². The lowest BCUT2D eigenvalue weighted by molar-refractivity contribution is 0.581. The summed E-state index contributed by atoms with van der Waals surface area (Å²) in [6.07, 6.45) is 8.81. The van der Waals surface area contributed by atoms with Crippen molar-refractivity contribution in [2.45, 2.75) is 32.9 Å². The number of hydrogen-bond donors (Lipinski definition) is 3. The van der Waals surface area contributed by atoms with Crippen LogP contribution in [0.4, 0.5) is 11.4 Å². The third-order valence-corrected chi connectivity index (χ3v) is 6.14. The molecule has 0 bridgehead atoms. The Labute approximate surface area is 216 Å². The predicted molar refractivity (Wildman–Crippen MR) is 147 cm³/mol. The molecule has 9 heteroatoms. The number of nitrogens with zero attached hydrogens (tertiary/aromatic N) is 5. The highest BCUT2D eigenvalue weighted by Gasteiger charge is 2.13. The average Bonchev–Trinajstić information content (AvgIpc) is 3.34. The van der Waals surface area contributed by atoms with Gasteiger partial charge < -0.3 is 16.4 Å². The minimum Gasteiger partial charge on any atom is -0.398 e. The number of rotatable bonds is 11. The van der Waals surface area contributed by atoms with Crippen LogP contribution in [0.1, 0.15) is 23.1 Å². The fourth-order valence-corrected chi connectivity index (χ4v) is 4.14. The molecule has 3 aromatic heterocycles. The SMILES string of the molecule is C=C(Cc1cc(-c2cncc(CNC)c2)ccc1N)Nc1ccnc(-c2cn(CCCCl)nn2)c1C. The van der Waals surface area contributed by atoms with Gasteiger partial charge in [-0.15, -0.1) is 16.7 Å². The van der Waals surface area contributed by atoms with Crippen molar-refractivity contribution in [3.63, 3.8) is 0 Å². The smallest absolute Gasteiger partial charge is 0.131 e. The molecule has 0 saturated heterocycles. The monoisotopic (exact) mass is 502 g/mol. The van der Waals surface area contributed by atoms with Gasteiger partial charge in [-0.3, -0.25) is 14.6 Å². The Bertz CT molecular complexity index is 1350. The standard InChI is InChI=1S/C27H31ClN8/c1-18(11-22-13-21(5-6-24(22)29)23-12-20(14-30-3)15-31-16-23)33-25-7-9-32-27(19(25)2)26-17-36(35-34-26)10-4-8-28/h5-7,9,12-13,15-17,30H,1,4,8,10-11,14,29H2,2-3H3,(H,32,33). The molecule has 4 aromatic rings. The first-order valence-corrected chi connectivity index (χ1v) is 12.4. The second kappa shape index (κ2) is 11.8. The van der Waals surface area contributed by atoms with Gasteiger partial charge in [-0.25, -0.2) is 0 Å². The highest BCUT2D eigenvalue weighted by molar-refractivity contribution is 6.17. The fraction of sp³-hybridized carbons (Fsp3) is 0.259. The van der Waals surface area contributed by atoms with E-state index in [0.29, 0.717) is 12.3 Å². The summed E-state index contributed by atoms with van der Waals surface area (Å²) in [5, 5.41) is 15.1. The van der Waals surface area contributed by atoms with Crippen molar-refractivity contribution in [3.05, 3.63) is 84.1 Å². The van der Waals surface area contributed by atoms with Crippen molar-refractivity contribution in [2.75, 3.05) is 24.0 Å². The number of allylic oxidation sites excluding steroid dienone is 1. The Balaban J connectivity index is 1.50. The van der Waals surface area contributed by atoms with Gasteiger partial charge in [0, 0.05) is 72.2 Å². The molecule has 3 heterocycles. The van der Waals surface area contributed by atoms with E-state index in [-0.39, 0.29) is 0 Å². The van der Waals surface area contributed by atoms with Crippen molar-refractivity contribution < 1.29 is 0 Å². The number of halogens is 1. The molecule has 0 aliphatic heterocycles. The van der Waals surface area contributed by atoms with Crippen LogP contribution in [0.3, 0.4) is 0 Å². The summed E-state index contributed by atoms with van der Waals surface area (Å²) in [6, 6.07) is 10.1. The van der Waals surface area contributed by atoms with Gasteiger partial charge in [0.1, 0.15) is 5.69 Å². The first-order valence-electron chi connectivity index (χ1n) is 11.8. The van der Waals surface area contributed by atoms with Crippen molar-refractivity contribution in [2.24, 2.45) is 0 Å². The minimum absolute atomic E-state index is 0.578. The van der Waals surface area contributed by atoms with E-state index >= 15 is 0 Å². The Kier molecular flexibility index (Phi) is 8.30. The molecule has 0 amide bonds. The first-order chi connectivity index (χ1) is 17.5. The minimum atomic E-state index is 0.578. The molecule has 0 fully saturated rings. The number of anilines is 2. The number of alkyl halides is 1. The van der Waals surface area contributed by atoms with Crippen LogP contribution in [-0.2, 0) is 19.5 Å². The molecule has 4 rings (SSSR count). The quantitative estimate of drug-likeness (QED) is 0.199. The molecule has 0 aliphatic rings. The van der Waals surface area contributed by atoms with E-state index in [2.05, 4.69) is 49.6 Å². The number of aryl methyl sites for hydroxylation is 1. The van der Waals surface area contributed by atoms with Crippen LogP contribution in [0.2, 0.25) is 0 Å². The number of nitrogens with one attached hydrogen (secondary N) is 2. The van der Waals surface area contributed by atoms with Gasteiger partial charge in [0.2, 0.25) is 0 Å². The maximum atomic E-state index is 6.32. The van der Waals surface area contributed by atoms with Gasteiger partial charge in [-0.1, -0.05) is 17.9 Å². The van der Waals surface area contributed by atoms with Crippen LogP contribution in [0, 0.1) is 6.92 Å². The largest absolute Gasteiger partial charge is 0.398 e. The summed E-state index contributed by atoms with van der Waals surface area (Å²) < 4.78 is 1.79. The zero-order valence-electron chi connectivity index (χ0n) is 20.6. The molecule has 4 N–H and O–H groups in total. The molecule has 36 heavy (non-hydrogen) atoms. The second-order valence-corrected chi connectivity index (χ2v) is 9.05. The Hall–Kier alpha value is -3.75. The normalized spacial score (nSPS) is 11.0. The van der Waals surface area contributed by atoms with E-state index in [0.717, 1.165) is 75.8 Å². The predicted octanol–water partition coefficient (Wildman–Crippen LogP) is 4.81. The van der Waals surface area contributed by atoms with Gasteiger partial charge in [0.15, 0.2) is 0 Å². The third-order valence-electron chi connectivity index (χ3n) is 5.87. The summed E-state index contributed by atoms with van der Waals surface area (Å²) in [4.78, 5) is 8.92. The number of aromatic nitrogens is 5. The summed E-state index contributed by atoms with van der Waals surface area (Å²) in [6.45, 7) is 7.75. The maximum Gasteiger partial charge on any atom is 0.131 e. The number of hydrogen-bond acceptors (Lipinski definition) is 7. The van der Waals surface area contributed by atoms with Crippen molar-refractivity contribution in [3.8, 4) is 22.5 Å². The van der Waals surface area contributed by atoms with Gasteiger partial charge in [0.25, 0.3) is 0 Å². The van der Waals surface area contributed by atoms with E-state index in [1.807, 2.05) is 50.8 Å². The zero-order valence-corrected chi connectivity index (χ0v) is 21.4. The van der Waals surface area contributed by atoms with Crippen LogP contribution < -0.4 is 16.4 Å². The number of nitrogen functional groups attached to an aromatic ring is 1. The first kappa shape index (κ1) is 25.3. The summed E-state index contributed by atoms with van der Waals surface area (Å²) in [5.41, 5.74) is 15.5. The third kappa shape index (κ3) is 6.08. The highest BCUT2D eigenvalue weighted by atomic mass is 35.5. The molecule has 0 unspecified atom stereocenters. The van der Waals surface area contributed by atoms with Crippen LogP contribution >= 0.6 is 11.6 Å². The van der Waals surface area contributed by atoms with Gasteiger partial charge in [0.05, 0.1) is 11.9 Å². The van der Waals surface area contributed by atoms with Crippen molar-refractivity contribution in [1.82, 2.24) is 30.3 Å². The summed E-state index contributed by atoms with van der Waals surface area (Å²) in [5.74, 6) is 0.584.